The molecule has 10 heteroatoms. The molecule has 1 saturated heterocycles. The number of halogens is 1. The Hall–Kier alpha value is -2.98. The molecule has 0 saturated carbocycles. The molecule has 1 atom stereocenters. The zero-order valence-electron chi connectivity index (χ0n) is 18.2. The molecule has 0 aromatic heterocycles. The summed E-state index contributed by atoms with van der Waals surface area (Å²) >= 11 is 0. The maximum Gasteiger partial charge on any atom is 0.247 e. The minimum Gasteiger partial charge on any atom is -0.497 e. The number of nitrogens with one attached hydrogen (secondary N) is 1. The molecule has 1 unspecified atom stereocenters. The van der Waals surface area contributed by atoms with Gasteiger partial charge in [-0.25, -0.2) is 12.8 Å². The van der Waals surface area contributed by atoms with Gasteiger partial charge in [-0.2, -0.15) is 4.31 Å². The van der Waals surface area contributed by atoms with Gasteiger partial charge in [0.2, 0.25) is 21.8 Å². The second kappa shape index (κ2) is 9.25. The van der Waals surface area contributed by atoms with Gasteiger partial charge in [0.1, 0.15) is 17.1 Å². The zero-order valence-corrected chi connectivity index (χ0v) is 19.0. The molecular formula is C22H26FN3O5S. The molecule has 2 amide bonds. The van der Waals surface area contributed by atoms with Crippen molar-refractivity contribution in [3.8, 4) is 5.75 Å². The summed E-state index contributed by atoms with van der Waals surface area (Å²) in [5.74, 6) is -1.04. The normalized spacial score (nSPS) is 19.6. The van der Waals surface area contributed by atoms with Crippen LogP contribution in [0.4, 0.5) is 10.1 Å². The van der Waals surface area contributed by atoms with Gasteiger partial charge in [0.15, 0.2) is 0 Å². The van der Waals surface area contributed by atoms with E-state index >= 15 is 0 Å². The van der Waals surface area contributed by atoms with Gasteiger partial charge in [0.25, 0.3) is 0 Å². The fraction of sp³-hybridized carbons (Fsp3) is 0.364. The van der Waals surface area contributed by atoms with Crippen molar-refractivity contribution in [2.75, 3.05) is 30.9 Å². The van der Waals surface area contributed by atoms with E-state index in [9.17, 15) is 22.4 Å². The molecule has 2 aromatic carbocycles. The highest BCUT2D eigenvalue weighted by atomic mass is 32.2. The monoisotopic (exact) mass is 463 g/mol. The van der Waals surface area contributed by atoms with Gasteiger partial charge in [-0.1, -0.05) is 12.1 Å². The first kappa shape index (κ1) is 23.7. The summed E-state index contributed by atoms with van der Waals surface area (Å²) < 4.78 is 44.4. The summed E-state index contributed by atoms with van der Waals surface area (Å²) in [6.45, 7) is 2.56. The van der Waals surface area contributed by atoms with Gasteiger partial charge in [0, 0.05) is 18.8 Å². The van der Waals surface area contributed by atoms with Gasteiger partial charge in [0.05, 0.1) is 19.4 Å². The first-order valence-electron chi connectivity index (χ1n) is 10.1. The molecule has 1 N–H and O–H groups in total. The summed E-state index contributed by atoms with van der Waals surface area (Å²) in [5, 5.41) is 2.76. The maximum absolute atomic E-state index is 13.3. The van der Waals surface area contributed by atoms with Gasteiger partial charge in [-0.15, -0.1) is 0 Å². The van der Waals surface area contributed by atoms with E-state index in [-0.39, 0.29) is 25.4 Å². The van der Waals surface area contributed by atoms with Crippen LogP contribution in [0.3, 0.4) is 0 Å². The van der Waals surface area contributed by atoms with E-state index in [0.29, 0.717) is 17.0 Å². The standard InChI is InChI=1S/C22H26FN3O5S/c1-4-32(29,30)25-14-20(27)26(18-9-11-19(31-3)12-10-18)22(2,15-25)21(28)24-13-16-5-7-17(23)8-6-16/h5-12H,4,13-15H2,1-3H3,(H,24,28). The topological polar surface area (TPSA) is 96.0 Å². The first-order chi connectivity index (χ1) is 15.1. The van der Waals surface area contributed by atoms with Crippen molar-refractivity contribution in [3.05, 3.63) is 59.9 Å². The quantitative estimate of drug-likeness (QED) is 0.677. The van der Waals surface area contributed by atoms with Crippen molar-refractivity contribution in [1.82, 2.24) is 9.62 Å². The molecular weight excluding hydrogens is 437 g/mol. The Morgan fingerprint density at radius 2 is 1.78 bits per heavy atom. The second-order valence-corrected chi connectivity index (χ2v) is 9.94. The number of methoxy groups -OCH3 is 1. The van der Waals surface area contributed by atoms with E-state index in [1.807, 2.05) is 0 Å². The minimum absolute atomic E-state index is 0.0971. The van der Waals surface area contributed by atoms with Gasteiger partial charge in [-0.3, -0.25) is 14.5 Å². The lowest BCUT2D eigenvalue weighted by molar-refractivity contribution is -0.133. The van der Waals surface area contributed by atoms with E-state index < -0.39 is 33.2 Å². The number of rotatable bonds is 7. The molecule has 32 heavy (non-hydrogen) atoms. The van der Waals surface area contributed by atoms with Crippen LogP contribution in [0.25, 0.3) is 0 Å². The largest absolute Gasteiger partial charge is 0.497 e. The first-order valence-corrected chi connectivity index (χ1v) is 11.7. The number of carbonyl (C=O) groups excluding carboxylic acids is 2. The third-order valence-electron chi connectivity index (χ3n) is 5.48. The van der Waals surface area contributed by atoms with Crippen molar-refractivity contribution in [2.24, 2.45) is 0 Å². The molecule has 1 heterocycles. The molecule has 1 aliphatic heterocycles. The number of carbonyl (C=O) groups is 2. The lowest BCUT2D eigenvalue weighted by Crippen LogP contribution is -2.70. The molecule has 0 aliphatic carbocycles. The second-order valence-electron chi connectivity index (χ2n) is 7.68. The van der Waals surface area contributed by atoms with Crippen LogP contribution in [-0.4, -0.2) is 56.0 Å². The number of nitrogens with zero attached hydrogens (tertiary/aromatic N) is 2. The third kappa shape index (κ3) is 4.76. The fourth-order valence-corrected chi connectivity index (χ4v) is 4.78. The highest BCUT2D eigenvalue weighted by Gasteiger charge is 2.50. The van der Waals surface area contributed by atoms with Crippen LogP contribution in [0.1, 0.15) is 19.4 Å². The van der Waals surface area contributed by atoms with Crippen LogP contribution in [-0.2, 0) is 26.2 Å². The number of benzene rings is 2. The Balaban J connectivity index is 1.95. The van der Waals surface area contributed by atoms with Gasteiger partial charge >= 0.3 is 0 Å². The summed E-state index contributed by atoms with van der Waals surface area (Å²) in [6, 6.07) is 12.3. The predicted octanol–water partition coefficient (Wildman–Crippen LogP) is 1.91. The van der Waals surface area contributed by atoms with E-state index in [1.165, 1.54) is 38.0 Å². The third-order valence-corrected chi connectivity index (χ3v) is 7.26. The van der Waals surface area contributed by atoms with Crippen LogP contribution in [0.2, 0.25) is 0 Å². The van der Waals surface area contributed by atoms with Gasteiger partial charge < -0.3 is 10.1 Å². The number of anilines is 1. The van der Waals surface area contributed by atoms with E-state index in [1.54, 1.807) is 36.4 Å². The van der Waals surface area contributed by atoms with Crippen molar-refractivity contribution in [3.63, 3.8) is 0 Å². The lowest BCUT2D eigenvalue weighted by Gasteiger charge is -2.46. The SMILES string of the molecule is CCS(=O)(=O)N1CC(=O)N(c2ccc(OC)cc2)C(C)(C(=O)NCc2ccc(F)cc2)C1. The van der Waals surface area contributed by atoms with Crippen molar-refractivity contribution >= 4 is 27.5 Å². The Labute approximate surface area is 187 Å². The van der Waals surface area contributed by atoms with Crippen LogP contribution < -0.4 is 15.0 Å². The summed E-state index contributed by atoms with van der Waals surface area (Å²) in [5.41, 5.74) is -0.394. The minimum atomic E-state index is -3.70. The van der Waals surface area contributed by atoms with Crippen LogP contribution in [0.15, 0.2) is 48.5 Å². The molecule has 172 valence electrons. The Morgan fingerprint density at radius 1 is 1.16 bits per heavy atom. The fourth-order valence-electron chi connectivity index (χ4n) is 3.65. The average Bonchev–Trinajstić information content (AvgIpc) is 2.78. The van der Waals surface area contributed by atoms with Crippen LogP contribution >= 0.6 is 0 Å². The molecule has 1 aliphatic rings. The molecule has 1 fully saturated rings. The Kier molecular flexibility index (Phi) is 6.85. The Morgan fingerprint density at radius 3 is 2.34 bits per heavy atom. The smallest absolute Gasteiger partial charge is 0.247 e. The lowest BCUT2D eigenvalue weighted by atomic mass is 9.94. The summed E-state index contributed by atoms with van der Waals surface area (Å²) in [6.07, 6.45) is 0. The summed E-state index contributed by atoms with van der Waals surface area (Å²) in [4.78, 5) is 27.8. The molecule has 3 rings (SSSR count). The number of piperazine rings is 1. The maximum atomic E-state index is 13.3. The number of hydrogen-bond donors (Lipinski definition) is 1. The molecule has 0 bridgehead atoms. The van der Waals surface area contributed by atoms with E-state index in [2.05, 4.69) is 5.32 Å². The zero-order chi connectivity index (χ0) is 23.5. The van der Waals surface area contributed by atoms with Crippen molar-refractivity contribution in [1.29, 1.82) is 0 Å². The molecule has 8 nitrogen and oxygen atoms in total. The molecule has 0 radical (unpaired) electrons. The van der Waals surface area contributed by atoms with Crippen molar-refractivity contribution < 1.29 is 27.1 Å². The van der Waals surface area contributed by atoms with E-state index in [0.717, 1.165) is 4.31 Å². The summed E-state index contributed by atoms with van der Waals surface area (Å²) in [7, 11) is -2.19. The van der Waals surface area contributed by atoms with Crippen LogP contribution in [0, 0.1) is 5.82 Å². The number of ether oxygens (including phenoxy) is 1. The van der Waals surface area contributed by atoms with Gasteiger partial charge in [-0.05, 0) is 55.8 Å². The number of hydrogen-bond acceptors (Lipinski definition) is 5. The predicted molar refractivity (Wildman–Crippen MR) is 118 cm³/mol. The number of amides is 2. The molecule has 2 aromatic rings. The van der Waals surface area contributed by atoms with Crippen molar-refractivity contribution in [2.45, 2.75) is 25.9 Å². The van der Waals surface area contributed by atoms with Crippen LogP contribution in [0.5, 0.6) is 5.75 Å². The Bertz CT molecular complexity index is 1090. The number of sulfonamides is 1. The average molecular weight is 464 g/mol. The highest BCUT2D eigenvalue weighted by molar-refractivity contribution is 7.89. The van der Waals surface area contributed by atoms with E-state index in [4.69, 9.17) is 4.74 Å². The highest BCUT2D eigenvalue weighted by Crippen LogP contribution is 2.32. The molecule has 0 spiro atoms.